The molecule has 23 heavy (non-hydrogen) atoms. The van der Waals surface area contributed by atoms with E-state index in [1.807, 2.05) is 0 Å². The molecule has 3 heterocycles. The number of rotatable bonds is 0. The van der Waals surface area contributed by atoms with Crippen LogP contribution in [0.3, 0.4) is 0 Å². The molecule has 0 aromatic rings. The predicted molar refractivity (Wildman–Crippen MR) is 80.4 cm³/mol. The van der Waals surface area contributed by atoms with Crippen molar-refractivity contribution >= 4 is 5.71 Å². The highest BCUT2D eigenvalue weighted by Gasteiger charge is 2.50. The van der Waals surface area contributed by atoms with E-state index in [1.165, 1.54) is 11.0 Å². The van der Waals surface area contributed by atoms with Gasteiger partial charge in [-0.25, -0.2) is 0 Å². The van der Waals surface area contributed by atoms with Crippen molar-refractivity contribution in [3.63, 3.8) is 0 Å². The Morgan fingerprint density at radius 3 is 2.74 bits per heavy atom. The lowest BCUT2D eigenvalue weighted by Gasteiger charge is -2.39. The van der Waals surface area contributed by atoms with Gasteiger partial charge in [-0.3, -0.25) is 4.90 Å². The molecule has 4 rings (SSSR count). The third kappa shape index (κ3) is 2.81. The Kier molecular flexibility index (Phi) is 3.52. The quantitative estimate of drug-likeness (QED) is 0.506. The standard InChI is InChI=1S/C17H17FN2O3/c18-15-3-1-2-9-20(15)10-4-14-13-16(23-19-14)5-7-17(8-6-16)21-11-12-22-17/h3H,5-9,11-13H2. The van der Waals surface area contributed by atoms with Crippen molar-refractivity contribution in [2.45, 2.75) is 43.5 Å². The summed E-state index contributed by atoms with van der Waals surface area (Å²) < 4.78 is 25.0. The van der Waals surface area contributed by atoms with Crippen LogP contribution in [0.2, 0.25) is 0 Å². The maximum absolute atomic E-state index is 13.5. The lowest BCUT2D eigenvalue weighted by Crippen LogP contribution is -2.43. The molecule has 3 aliphatic heterocycles. The minimum absolute atomic E-state index is 0.270. The molecule has 0 unspecified atom stereocenters. The Bertz CT molecular complexity index is 676. The number of hydrogen-bond donors (Lipinski definition) is 0. The van der Waals surface area contributed by atoms with E-state index in [-0.39, 0.29) is 12.1 Å². The molecule has 0 aromatic heterocycles. The molecule has 0 aromatic carbocycles. The van der Waals surface area contributed by atoms with Crippen LogP contribution < -0.4 is 0 Å². The number of oxime groups is 1. The van der Waals surface area contributed by atoms with E-state index >= 15 is 0 Å². The van der Waals surface area contributed by atoms with Gasteiger partial charge in [0.05, 0.1) is 19.8 Å². The van der Waals surface area contributed by atoms with Crippen LogP contribution in [0.1, 0.15) is 32.1 Å². The average molecular weight is 316 g/mol. The Morgan fingerprint density at radius 2 is 2.00 bits per heavy atom. The van der Waals surface area contributed by atoms with Crippen molar-refractivity contribution in [3.05, 3.63) is 12.0 Å². The second-order valence-electron chi connectivity index (χ2n) is 6.21. The van der Waals surface area contributed by atoms with Crippen LogP contribution in [0, 0.1) is 23.8 Å². The zero-order valence-electron chi connectivity index (χ0n) is 12.7. The highest BCUT2D eigenvalue weighted by molar-refractivity contribution is 6.01. The van der Waals surface area contributed by atoms with Gasteiger partial charge in [-0.15, -0.1) is 0 Å². The van der Waals surface area contributed by atoms with Gasteiger partial charge in [-0.1, -0.05) is 17.0 Å². The van der Waals surface area contributed by atoms with Crippen LogP contribution in [-0.4, -0.2) is 41.8 Å². The van der Waals surface area contributed by atoms with E-state index in [2.05, 4.69) is 29.0 Å². The maximum Gasteiger partial charge on any atom is 0.210 e. The molecular formula is C17H17FN2O3. The fourth-order valence-corrected chi connectivity index (χ4v) is 3.34. The van der Waals surface area contributed by atoms with Gasteiger partial charge in [0.1, 0.15) is 11.3 Å². The minimum Gasteiger partial charge on any atom is -0.388 e. The third-order valence-electron chi connectivity index (χ3n) is 4.70. The summed E-state index contributed by atoms with van der Waals surface area (Å²) in [6.45, 7) is 1.60. The van der Waals surface area contributed by atoms with E-state index < -0.39 is 11.7 Å². The largest absolute Gasteiger partial charge is 0.388 e. The number of allylic oxidation sites excluding steroid dienone is 1. The van der Waals surface area contributed by atoms with Crippen LogP contribution in [0.15, 0.2) is 17.2 Å². The first-order valence-corrected chi connectivity index (χ1v) is 7.85. The third-order valence-corrected chi connectivity index (χ3v) is 4.70. The van der Waals surface area contributed by atoms with Crippen LogP contribution >= 0.6 is 0 Å². The summed E-state index contributed by atoms with van der Waals surface area (Å²) >= 11 is 0. The van der Waals surface area contributed by atoms with Crippen LogP contribution in [0.25, 0.3) is 0 Å². The summed E-state index contributed by atoms with van der Waals surface area (Å²) in [5.41, 5.74) is 0.348. The molecule has 1 aliphatic carbocycles. The second-order valence-corrected chi connectivity index (χ2v) is 6.21. The normalized spacial score (nSPS) is 26.7. The molecular weight excluding hydrogens is 299 g/mol. The van der Waals surface area contributed by atoms with Crippen molar-refractivity contribution in [3.8, 4) is 23.8 Å². The molecule has 120 valence electrons. The molecule has 0 N–H and O–H groups in total. The van der Waals surface area contributed by atoms with Crippen LogP contribution in [0.4, 0.5) is 4.39 Å². The van der Waals surface area contributed by atoms with Gasteiger partial charge in [-0.2, -0.15) is 4.39 Å². The number of nitrogens with zero attached hydrogens (tertiary/aromatic N) is 2. The molecule has 5 nitrogen and oxygen atoms in total. The zero-order chi connectivity index (χ0) is 15.8. The molecule has 0 radical (unpaired) electrons. The zero-order valence-corrected chi connectivity index (χ0v) is 12.7. The smallest absolute Gasteiger partial charge is 0.210 e. The molecule has 1 saturated heterocycles. The molecule has 0 atom stereocenters. The highest BCUT2D eigenvalue weighted by atomic mass is 19.1. The summed E-state index contributed by atoms with van der Waals surface area (Å²) in [5, 5.41) is 4.09. The first kappa shape index (κ1) is 14.6. The first-order valence-electron chi connectivity index (χ1n) is 7.85. The van der Waals surface area contributed by atoms with Gasteiger partial charge >= 0.3 is 0 Å². The van der Waals surface area contributed by atoms with Crippen LogP contribution in [0.5, 0.6) is 0 Å². The first-order chi connectivity index (χ1) is 11.2. The van der Waals surface area contributed by atoms with Crippen molar-refractivity contribution < 1.29 is 18.7 Å². The van der Waals surface area contributed by atoms with Gasteiger partial charge in [0.25, 0.3) is 0 Å². The van der Waals surface area contributed by atoms with Gasteiger partial charge in [-0.05, 0) is 18.8 Å². The van der Waals surface area contributed by atoms with Gasteiger partial charge < -0.3 is 14.3 Å². The molecule has 0 bridgehead atoms. The summed E-state index contributed by atoms with van der Waals surface area (Å²) in [5.74, 6) is 7.43. The average Bonchev–Trinajstić information content (AvgIpc) is 3.18. The SMILES string of the molecule is FC1=CC#CCN1C#CC1=NOC2(CCC3(CC2)OCCO3)C1. The summed E-state index contributed by atoms with van der Waals surface area (Å²) in [6.07, 6.45) is 5.14. The summed E-state index contributed by atoms with van der Waals surface area (Å²) in [6, 6.07) is 2.76. The Labute approximate surface area is 134 Å². The summed E-state index contributed by atoms with van der Waals surface area (Å²) in [4.78, 5) is 6.96. The topological polar surface area (TPSA) is 43.3 Å². The highest BCUT2D eigenvalue weighted by Crippen LogP contribution is 2.45. The monoisotopic (exact) mass is 316 g/mol. The van der Waals surface area contributed by atoms with Crippen molar-refractivity contribution in [1.82, 2.24) is 4.90 Å². The van der Waals surface area contributed by atoms with E-state index in [0.717, 1.165) is 25.7 Å². The number of ether oxygens (including phenoxy) is 2. The van der Waals surface area contributed by atoms with E-state index in [1.54, 1.807) is 0 Å². The van der Waals surface area contributed by atoms with Gasteiger partial charge in [0.15, 0.2) is 5.79 Å². The predicted octanol–water partition coefficient (Wildman–Crippen LogP) is 1.91. The molecule has 2 fully saturated rings. The maximum atomic E-state index is 13.5. The molecule has 4 aliphatic rings. The lowest BCUT2D eigenvalue weighted by atomic mass is 9.79. The van der Waals surface area contributed by atoms with Gasteiger partial charge in [0.2, 0.25) is 5.95 Å². The van der Waals surface area contributed by atoms with E-state index in [0.29, 0.717) is 25.3 Å². The molecule has 0 amide bonds. The van der Waals surface area contributed by atoms with Crippen molar-refractivity contribution in [1.29, 1.82) is 0 Å². The Balaban J connectivity index is 1.37. The number of hydrogen-bond acceptors (Lipinski definition) is 5. The summed E-state index contributed by atoms with van der Waals surface area (Å²) in [7, 11) is 0. The Morgan fingerprint density at radius 1 is 1.22 bits per heavy atom. The number of halogens is 1. The molecule has 2 spiro atoms. The van der Waals surface area contributed by atoms with E-state index in [9.17, 15) is 4.39 Å². The Hall–Kier alpha value is -2.02. The minimum atomic E-state index is -0.430. The van der Waals surface area contributed by atoms with Gasteiger partial charge in [0, 0.05) is 31.4 Å². The lowest BCUT2D eigenvalue weighted by molar-refractivity contribution is -0.206. The van der Waals surface area contributed by atoms with Crippen molar-refractivity contribution in [2.75, 3.05) is 19.8 Å². The fourth-order valence-electron chi connectivity index (χ4n) is 3.34. The van der Waals surface area contributed by atoms with E-state index in [4.69, 9.17) is 14.3 Å². The second kappa shape index (κ2) is 5.56. The van der Waals surface area contributed by atoms with Crippen molar-refractivity contribution in [2.24, 2.45) is 5.16 Å². The molecule has 6 heteroatoms. The van der Waals surface area contributed by atoms with Crippen LogP contribution in [-0.2, 0) is 14.3 Å². The molecule has 1 saturated carbocycles. The fraction of sp³-hybridized carbons (Fsp3) is 0.588.